The maximum atomic E-state index is 13.3. The van der Waals surface area contributed by atoms with Crippen molar-refractivity contribution < 1.29 is 14.7 Å². The van der Waals surface area contributed by atoms with Crippen LogP contribution in [0.4, 0.5) is 5.69 Å². The standard InChI is InChI=1S/C24H31N3O3/c28-20(14-22-10-16-9-17(11-22)13-23(30,12-16)15-22)27-7-5-24(6-8-27)25-19-4-2-1-3-18(19)21(29)26-24/h1-4,16-17,25,30H,5-15H2,(H,26,29)/t16-,17-,22?,23?/m0/s1. The van der Waals surface area contributed by atoms with Gasteiger partial charge in [-0.2, -0.15) is 0 Å². The highest BCUT2D eigenvalue weighted by molar-refractivity contribution is 6.02. The molecule has 6 nitrogen and oxygen atoms in total. The predicted molar refractivity (Wildman–Crippen MR) is 113 cm³/mol. The molecule has 0 unspecified atom stereocenters. The number of nitrogens with one attached hydrogen (secondary N) is 2. The van der Waals surface area contributed by atoms with E-state index in [1.165, 1.54) is 6.42 Å². The van der Waals surface area contributed by atoms with E-state index in [0.29, 0.717) is 49.8 Å². The fourth-order valence-electron chi connectivity index (χ4n) is 7.79. The van der Waals surface area contributed by atoms with Crippen molar-refractivity contribution in [1.29, 1.82) is 0 Å². The smallest absolute Gasteiger partial charge is 0.255 e. The highest BCUT2D eigenvalue weighted by Gasteiger charge is 2.57. The fourth-order valence-corrected chi connectivity index (χ4v) is 7.79. The minimum Gasteiger partial charge on any atom is -0.390 e. The molecule has 2 amide bonds. The summed E-state index contributed by atoms with van der Waals surface area (Å²) in [6.07, 6.45) is 8.17. The molecule has 2 heterocycles. The number of benzene rings is 1. The third-order valence-corrected chi connectivity index (χ3v) is 8.55. The molecule has 2 aliphatic heterocycles. The van der Waals surface area contributed by atoms with Gasteiger partial charge in [0, 0.05) is 38.0 Å². The van der Waals surface area contributed by atoms with E-state index < -0.39 is 11.3 Å². The Hall–Kier alpha value is -2.08. The van der Waals surface area contributed by atoms with Crippen molar-refractivity contribution in [3.05, 3.63) is 29.8 Å². The summed E-state index contributed by atoms with van der Waals surface area (Å²) in [6, 6.07) is 7.60. The molecule has 4 aliphatic carbocycles. The van der Waals surface area contributed by atoms with Crippen LogP contribution in [0.5, 0.6) is 0 Å². The molecule has 2 atom stereocenters. The van der Waals surface area contributed by atoms with Crippen LogP contribution in [0.2, 0.25) is 0 Å². The summed E-state index contributed by atoms with van der Waals surface area (Å²) in [5, 5.41) is 17.7. The van der Waals surface area contributed by atoms with Crippen LogP contribution in [0.3, 0.4) is 0 Å². The van der Waals surface area contributed by atoms with Crippen molar-refractivity contribution in [3.63, 3.8) is 0 Å². The molecule has 6 aliphatic rings. The third kappa shape index (κ3) is 2.95. The number of likely N-dealkylation sites (tertiary alicyclic amines) is 1. The second-order valence-corrected chi connectivity index (χ2v) is 10.9. The lowest BCUT2D eigenvalue weighted by atomic mass is 9.47. The van der Waals surface area contributed by atoms with E-state index in [9.17, 15) is 14.7 Å². The van der Waals surface area contributed by atoms with Crippen LogP contribution in [0.15, 0.2) is 24.3 Å². The number of aliphatic hydroxyl groups is 1. The molecule has 1 saturated heterocycles. The largest absolute Gasteiger partial charge is 0.390 e. The summed E-state index contributed by atoms with van der Waals surface area (Å²) in [7, 11) is 0. The van der Waals surface area contributed by atoms with E-state index in [-0.39, 0.29) is 17.2 Å². The summed E-state index contributed by atoms with van der Waals surface area (Å²) >= 11 is 0. The van der Waals surface area contributed by atoms with E-state index in [1.54, 1.807) is 0 Å². The van der Waals surface area contributed by atoms with Crippen molar-refractivity contribution in [2.75, 3.05) is 18.4 Å². The second kappa shape index (κ2) is 6.22. The molecular formula is C24H31N3O3. The van der Waals surface area contributed by atoms with Gasteiger partial charge in [0.15, 0.2) is 0 Å². The highest BCUT2D eigenvalue weighted by Crippen LogP contribution is 2.63. The van der Waals surface area contributed by atoms with Crippen LogP contribution in [-0.4, -0.2) is 46.2 Å². The first-order chi connectivity index (χ1) is 14.4. The van der Waals surface area contributed by atoms with Gasteiger partial charge in [-0.25, -0.2) is 0 Å². The van der Waals surface area contributed by atoms with Crippen molar-refractivity contribution >= 4 is 17.5 Å². The molecule has 0 radical (unpaired) electrons. The Kier molecular flexibility index (Phi) is 3.87. The predicted octanol–water partition coefficient (Wildman–Crippen LogP) is 2.88. The van der Waals surface area contributed by atoms with E-state index in [1.807, 2.05) is 29.2 Å². The lowest BCUT2D eigenvalue weighted by Crippen LogP contribution is -2.63. The van der Waals surface area contributed by atoms with Crippen molar-refractivity contribution in [3.8, 4) is 0 Å². The van der Waals surface area contributed by atoms with Gasteiger partial charge in [0.1, 0.15) is 5.66 Å². The van der Waals surface area contributed by atoms with Crippen LogP contribution in [0.25, 0.3) is 0 Å². The maximum absolute atomic E-state index is 13.3. The monoisotopic (exact) mass is 409 g/mol. The van der Waals surface area contributed by atoms with Gasteiger partial charge in [-0.1, -0.05) is 12.1 Å². The molecule has 6 heteroatoms. The van der Waals surface area contributed by atoms with Crippen LogP contribution in [-0.2, 0) is 4.79 Å². The Bertz CT molecular complexity index is 891. The van der Waals surface area contributed by atoms with Crippen LogP contribution < -0.4 is 10.6 Å². The number of hydrogen-bond donors (Lipinski definition) is 3. The number of anilines is 1. The normalized spacial score (nSPS) is 38.2. The zero-order chi connectivity index (χ0) is 20.6. The number of rotatable bonds is 2. The van der Waals surface area contributed by atoms with Gasteiger partial charge >= 0.3 is 0 Å². The van der Waals surface area contributed by atoms with Gasteiger partial charge in [-0.15, -0.1) is 0 Å². The highest BCUT2D eigenvalue weighted by atomic mass is 16.3. The molecule has 1 aromatic carbocycles. The number of piperidine rings is 1. The number of amides is 2. The number of carbonyl (C=O) groups is 2. The second-order valence-electron chi connectivity index (χ2n) is 10.9. The van der Waals surface area contributed by atoms with E-state index in [0.717, 1.165) is 37.8 Å². The Morgan fingerprint density at radius 2 is 1.77 bits per heavy atom. The Labute approximate surface area is 177 Å². The van der Waals surface area contributed by atoms with Gasteiger partial charge in [0.25, 0.3) is 5.91 Å². The number of para-hydroxylation sites is 1. The Balaban J connectivity index is 1.12. The maximum Gasteiger partial charge on any atom is 0.255 e. The average molecular weight is 410 g/mol. The molecule has 1 spiro atoms. The molecular weight excluding hydrogens is 378 g/mol. The number of nitrogens with zero attached hydrogens (tertiary/aromatic N) is 1. The van der Waals surface area contributed by atoms with Crippen molar-refractivity contribution in [2.45, 2.75) is 69.1 Å². The van der Waals surface area contributed by atoms with Crippen molar-refractivity contribution in [1.82, 2.24) is 10.2 Å². The molecule has 1 aromatic rings. The van der Waals surface area contributed by atoms with E-state index in [4.69, 9.17) is 0 Å². The topological polar surface area (TPSA) is 81.7 Å². The summed E-state index contributed by atoms with van der Waals surface area (Å²) < 4.78 is 0. The SMILES string of the molecule is O=C1NC2(CCN(C(=O)CC34C[C@@H]5C[C@H](CC(O)(C5)C3)C4)CC2)Nc2ccccc21. The first-order valence-corrected chi connectivity index (χ1v) is 11.6. The zero-order valence-electron chi connectivity index (χ0n) is 17.5. The average Bonchev–Trinajstić information content (AvgIpc) is 2.66. The molecule has 3 N–H and O–H groups in total. The number of fused-ring (bicyclic) bond motifs is 1. The van der Waals surface area contributed by atoms with Gasteiger partial charge in [-0.05, 0) is 67.9 Å². The van der Waals surface area contributed by atoms with Gasteiger partial charge in [0.2, 0.25) is 5.91 Å². The third-order valence-electron chi connectivity index (χ3n) is 8.55. The minimum atomic E-state index is -0.514. The first kappa shape index (κ1) is 18.7. The summed E-state index contributed by atoms with van der Waals surface area (Å²) in [4.78, 5) is 27.8. The summed E-state index contributed by atoms with van der Waals surface area (Å²) in [6.45, 7) is 1.31. The molecule has 4 bridgehead atoms. The Morgan fingerprint density at radius 1 is 1.07 bits per heavy atom. The number of hydrogen-bond acceptors (Lipinski definition) is 4. The molecule has 4 saturated carbocycles. The Morgan fingerprint density at radius 3 is 2.47 bits per heavy atom. The molecule has 30 heavy (non-hydrogen) atoms. The first-order valence-electron chi connectivity index (χ1n) is 11.6. The van der Waals surface area contributed by atoms with Gasteiger partial charge < -0.3 is 20.6 Å². The fraction of sp³-hybridized carbons (Fsp3) is 0.667. The van der Waals surface area contributed by atoms with E-state index in [2.05, 4.69) is 10.6 Å². The minimum absolute atomic E-state index is 0.0152. The lowest BCUT2D eigenvalue weighted by molar-refractivity contribution is -0.172. The zero-order valence-corrected chi connectivity index (χ0v) is 17.5. The van der Waals surface area contributed by atoms with Gasteiger partial charge in [0.05, 0.1) is 11.2 Å². The number of carbonyl (C=O) groups excluding carboxylic acids is 2. The molecule has 160 valence electrons. The van der Waals surface area contributed by atoms with Crippen molar-refractivity contribution in [2.24, 2.45) is 17.3 Å². The molecule has 5 fully saturated rings. The summed E-state index contributed by atoms with van der Waals surface area (Å²) in [5.74, 6) is 1.41. The van der Waals surface area contributed by atoms with Crippen LogP contribution in [0.1, 0.15) is 68.1 Å². The van der Waals surface area contributed by atoms with E-state index >= 15 is 0 Å². The quantitative estimate of drug-likeness (QED) is 0.702. The molecule has 0 aromatic heterocycles. The van der Waals surface area contributed by atoms with Gasteiger partial charge in [-0.3, -0.25) is 9.59 Å². The van der Waals surface area contributed by atoms with Crippen LogP contribution >= 0.6 is 0 Å². The molecule has 7 rings (SSSR count). The lowest BCUT2D eigenvalue weighted by Gasteiger charge is -2.60. The summed E-state index contributed by atoms with van der Waals surface area (Å²) in [5.41, 5.74) is 0.600. The van der Waals surface area contributed by atoms with Crippen LogP contribution in [0, 0.1) is 17.3 Å².